The van der Waals surface area contributed by atoms with E-state index in [-0.39, 0.29) is 18.2 Å². The van der Waals surface area contributed by atoms with Gasteiger partial charge in [0.05, 0.1) is 42.4 Å². The molecule has 1 amide bonds. The molecule has 1 aliphatic rings. The summed E-state index contributed by atoms with van der Waals surface area (Å²) >= 11 is 0. The molecule has 10 nitrogen and oxygen atoms in total. The molecule has 0 saturated carbocycles. The summed E-state index contributed by atoms with van der Waals surface area (Å²) in [7, 11) is -1.36. The molecule has 2 atom stereocenters. The van der Waals surface area contributed by atoms with Gasteiger partial charge in [0.2, 0.25) is 0 Å². The van der Waals surface area contributed by atoms with Crippen LogP contribution in [0.2, 0.25) is 0 Å². The van der Waals surface area contributed by atoms with Crippen LogP contribution in [0.5, 0.6) is 5.75 Å². The van der Waals surface area contributed by atoms with E-state index in [1.807, 2.05) is 75.4 Å². The van der Waals surface area contributed by atoms with Gasteiger partial charge in [0, 0.05) is 36.1 Å². The lowest BCUT2D eigenvalue weighted by molar-refractivity contribution is 0.0814. The summed E-state index contributed by atoms with van der Waals surface area (Å²) in [5.74, 6) is 0.680. The number of fused-ring (bicyclic) bond motifs is 1. The van der Waals surface area contributed by atoms with Gasteiger partial charge in [-0.2, -0.15) is 5.10 Å². The summed E-state index contributed by atoms with van der Waals surface area (Å²) in [6, 6.07) is 20.4. The van der Waals surface area contributed by atoms with Crippen LogP contribution in [-0.2, 0) is 18.5 Å². The van der Waals surface area contributed by atoms with Gasteiger partial charge in [-0.15, -0.1) is 10.8 Å². The van der Waals surface area contributed by atoms with Crippen molar-refractivity contribution in [3.05, 3.63) is 89.6 Å². The van der Waals surface area contributed by atoms with Crippen LogP contribution in [0.4, 0.5) is 5.69 Å². The van der Waals surface area contributed by atoms with Crippen LogP contribution in [0.1, 0.15) is 48.7 Å². The average Bonchev–Trinajstić information content (AvgIpc) is 3.61. The lowest BCUT2D eigenvalue weighted by Crippen LogP contribution is -2.51. The standard InChI is InChI=1S/C33H43N5O5S/c1-5-37-29-18-24(19-30(27(29)21-35-37)38-15-10-16-44(38,41)42)32(40)36-28(17-23-11-7-6-8-12-23)31(39)22-34-33(2,3)25-13-9-14-26(20-25)43-4/h6-9,11-14,18-21,28,31,34,39,41-42H,5,10,15-17,22H2,1-4H3,(H,36,40)/t28-,31+/m0/s1. The number of carbonyl (C=O) groups is 1. The van der Waals surface area contributed by atoms with Crippen molar-refractivity contribution in [3.8, 4) is 5.75 Å². The zero-order valence-electron chi connectivity index (χ0n) is 25.7. The fourth-order valence-electron chi connectivity index (χ4n) is 5.70. The van der Waals surface area contributed by atoms with E-state index >= 15 is 0 Å². The van der Waals surface area contributed by atoms with Gasteiger partial charge in [0.15, 0.2) is 0 Å². The molecule has 1 saturated heterocycles. The van der Waals surface area contributed by atoms with Gasteiger partial charge in [0.25, 0.3) is 5.91 Å². The smallest absolute Gasteiger partial charge is 0.251 e. The number of anilines is 1. The van der Waals surface area contributed by atoms with E-state index in [0.29, 0.717) is 37.2 Å². The highest BCUT2D eigenvalue weighted by Gasteiger charge is 2.32. The third-order valence-corrected chi connectivity index (χ3v) is 10.2. The second-order valence-corrected chi connectivity index (χ2v) is 13.9. The number of aromatic nitrogens is 2. The molecule has 5 rings (SSSR count). The molecule has 44 heavy (non-hydrogen) atoms. The van der Waals surface area contributed by atoms with Crippen LogP contribution >= 0.6 is 10.8 Å². The zero-order valence-corrected chi connectivity index (χ0v) is 26.6. The number of ether oxygens (including phenoxy) is 1. The Bertz CT molecular complexity index is 1590. The number of carbonyl (C=O) groups excluding carboxylic acids is 1. The quantitative estimate of drug-likeness (QED) is 0.147. The molecule has 1 aromatic heterocycles. The van der Waals surface area contributed by atoms with Crippen LogP contribution in [0.25, 0.3) is 10.9 Å². The molecular formula is C33H43N5O5S. The monoisotopic (exact) mass is 621 g/mol. The largest absolute Gasteiger partial charge is 0.497 e. The highest BCUT2D eigenvalue weighted by molar-refractivity contribution is 8.25. The van der Waals surface area contributed by atoms with E-state index in [1.54, 1.807) is 34.4 Å². The summed E-state index contributed by atoms with van der Waals surface area (Å²) in [6.07, 6.45) is 1.86. The Morgan fingerprint density at radius 3 is 2.57 bits per heavy atom. The minimum atomic E-state index is -2.99. The Morgan fingerprint density at radius 1 is 1.11 bits per heavy atom. The second-order valence-electron chi connectivity index (χ2n) is 11.8. The van der Waals surface area contributed by atoms with Gasteiger partial charge < -0.3 is 20.5 Å². The Morgan fingerprint density at radius 2 is 1.89 bits per heavy atom. The Labute approximate surface area is 260 Å². The van der Waals surface area contributed by atoms with Crippen molar-refractivity contribution in [2.24, 2.45) is 0 Å². The summed E-state index contributed by atoms with van der Waals surface area (Å²) in [5, 5.41) is 23.3. The van der Waals surface area contributed by atoms with Gasteiger partial charge in [-0.05, 0) is 69.0 Å². The van der Waals surface area contributed by atoms with Crippen molar-refractivity contribution >= 4 is 33.3 Å². The molecule has 1 fully saturated rings. The molecule has 4 aromatic rings. The Balaban J connectivity index is 1.42. The SMILES string of the molecule is CCn1ncc2c(N3CCCS3(O)O)cc(C(=O)N[C@@H](Cc3ccccc3)[C@H](O)CNC(C)(C)c3cccc(OC)c3)cc21. The van der Waals surface area contributed by atoms with E-state index in [2.05, 4.69) is 15.7 Å². The fourth-order valence-corrected chi connectivity index (χ4v) is 7.33. The predicted octanol–water partition coefficient (Wildman–Crippen LogP) is 5.17. The first-order valence-electron chi connectivity index (χ1n) is 15.0. The average molecular weight is 622 g/mol. The molecule has 5 N–H and O–H groups in total. The van der Waals surface area contributed by atoms with Crippen molar-refractivity contribution in [2.45, 2.75) is 57.8 Å². The van der Waals surface area contributed by atoms with E-state index in [1.165, 1.54) is 0 Å². The highest BCUT2D eigenvalue weighted by Crippen LogP contribution is 2.52. The Hall–Kier alpha value is -3.61. The molecule has 11 heteroatoms. The van der Waals surface area contributed by atoms with Gasteiger partial charge >= 0.3 is 0 Å². The first-order chi connectivity index (χ1) is 21.0. The summed E-state index contributed by atoms with van der Waals surface area (Å²) in [5.41, 5.74) is 3.18. The van der Waals surface area contributed by atoms with Gasteiger partial charge in [-0.25, -0.2) is 0 Å². The number of benzene rings is 3. The molecule has 236 valence electrons. The van der Waals surface area contributed by atoms with Crippen LogP contribution in [0.15, 0.2) is 72.9 Å². The van der Waals surface area contributed by atoms with E-state index < -0.39 is 28.5 Å². The molecule has 0 bridgehead atoms. The highest BCUT2D eigenvalue weighted by atomic mass is 32.3. The molecule has 0 radical (unpaired) electrons. The number of aliphatic hydroxyl groups is 1. The molecular weight excluding hydrogens is 578 g/mol. The number of methoxy groups -OCH3 is 1. The lowest BCUT2D eigenvalue weighted by atomic mass is 9.93. The third kappa shape index (κ3) is 6.87. The van der Waals surface area contributed by atoms with Crippen LogP contribution in [-0.4, -0.2) is 68.0 Å². The van der Waals surface area contributed by atoms with Gasteiger partial charge in [0.1, 0.15) is 5.75 Å². The molecule has 0 spiro atoms. The van der Waals surface area contributed by atoms with Gasteiger partial charge in [-0.3, -0.25) is 22.9 Å². The van der Waals surface area contributed by atoms with Crippen molar-refractivity contribution in [3.63, 3.8) is 0 Å². The molecule has 3 aromatic carbocycles. The van der Waals surface area contributed by atoms with Crippen molar-refractivity contribution in [1.29, 1.82) is 0 Å². The topological polar surface area (TPSA) is 132 Å². The van der Waals surface area contributed by atoms with Crippen molar-refractivity contribution in [2.75, 3.05) is 30.3 Å². The predicted molar refractivity (Wildman–Crippen MR) is 177 cm³/mol. The Kier molecular flexibility index (Phi) is 9.52. The summed E-state index contributed by atoms with van der Waals surface area (Å²) in [4.78, 5) is 13.9. The number of hydrogen-bond donors (Lipinski definition) is 5. The summed E-state index contributed by atoms with van der Waals surface area (Å²) < 4.78 is 30.3. The number of rotatable bonds is 12. The van der Waals surface area contributed by atoms with Crippen LogP contribution in [0.3, 0.4) is 0 Å². The number of nitrogens with zero attached hydrogens (tertiary/aromatic N) is 3. The number of amides is 1. The van der Waals surface area contributed by atoms with E-state index in [0.717, 1.165) is 27.8 Å². The minimum Gasteiger partial charge on any atom is -0.497 e. The molecule has 0 aliphatic carbocycles. The lowest BCUT2D eigenvalue weighted by Gasteiger charge is -2.38. The number of nitrogens with one attached hydrogen (secondary N) is 2. The number of aryl methyl sites for hydroxylation is 1. The normalized spacial score (nSPS) is 16.9. The molecule has 2 heterocycles. The van der Waals surface area contributed by atoms with Crippen molar-refractivity contribution in [1.82, 2.24) is 20.4 Å². The maximum Gasteiger partial charge on any atom is 0.251 e. The minimum absolute atomic E-state index is 0.226. The number of aliphatic hydroxyl groups excluding tert-OH is 1. The fraction of sp³-hybridized carbons (Fsp3) is 0.394. The van der Waals surface area contributed by atoms with Crippen LogP contribution in [0, 0.1) is 0 Å². The zero-order chi connectivity index (χ0) is 31.5. The van der Waals surface area contributed by atoms with Gasteiger partial charge in [-0.1, -0.05) is 42.5 Å². The van der Waals surface area contributed by atoms with Crippen LogP contribution < -0.4 is 19.7 Å². The first kappa shape index (κ1) is 31.8. The molecule has 0 unspecified atom stereocenters. The molecule has 1 aliphatic heterocycles. The third-order valence-electron chi connectivity index (χ3n) is 8.33. The number of hydrogen-bond acceptors (Lipinski definition) is 8. The second kappa shape index (κ2) is 13.2. The van der Waals surface area contributed by atoms with Crippen molar-refractivity contribution < 1.29 is 23.7 Å². The maximum atomic E-state index is 13.9. The maximum absolute atomic E-state index is 13.9. The van der Waals surface area contributed by atoms with E-state index in [9.17, 15) is 19.0 Å². The van der Waals surface area contributed by atoms with E-state index in [4.69, 9.17) is 4.74 Å². The first-order valence-corrected chi connectivity index (χ1v) is 16.6. The summed E-state index contributed by atoms with van der Waals surface area (Å²) in [6.45, 7) is 7.33.